The summed E-state index contributed by atoms with van der Waals surface area (Å²) in [4.78, 5) is 4.34. The number of aromatic nitrogens is 3. The Morgan fingerprint density at radius 2 is 2.00 bits per heavy atom. The van der Waals surface area contributed by atoms with E-state index in [4.69, 9.17) is 0 Å². The molecule has 1 atom stereocenters. The van der Waals surface area contributed by atoms with Gasteiger partial charge in [0.25, 0.3) is 0 Å². The summed E-state index contributed by atoms with van der Waals surface area (Å²) in [5, 5.41) is 7.64. The Bertz CT molecular complexity index is 295. The van der Waals surface area contributed by atoms with E-state index in [0.717, 1.165) is 18.8 Å². The molecule has 4 heteroatoms. The van der Waals surface area contributed by atoms with Gasteiger partial charge < -0.3 is 5.32 Å². The van der Waals surface area contributed by atoms with Gasteiger partial charge in [-0.1, -0.05) is 46.0 Å². The number of nitrogens with zero attached hydrogens (tertiary/aromatic N) is 3. The highest BCUT2D eigenvalue weighted by Crippen LogP contribution is 2.17. The van der Waals surface area contributed by atoms with Crippen molar-refractivity contribution in [3.8, 4) is 0 Å². The summed E-state index contributed by atoms with van der Waals surface area (Å²) in [6.45, 7) is 5.37. The number of hydrogen-bond donors (Lipinski definition) is 1. The average Bonchev–Trinajstić information content (AvgIpc) is 2.74. The van der Waals surface area contributed by atoms with Crippen LogP contribution in [0.2, 0.25) is 0 Å². The fraction of sp³-hybridized carbons (Fsp3) is 0.846. The molecule has 1 aromatic heterocycles. The second kappa shape index (κ2) is 8.23. The molecule has 0 aromatic carbocycles. The van der Waals surface area contributed by atoms with Crippen molar-refractivity contribution in [3.63, 3.8) is 0 Å². The van der Waals surface area contributed by atoms with Gasteiger partial charge >= 0.3 is 0 Å². The maximum Gasteiger partial charge on any atom is 0.143 e. The first-order chi connectivity index (χ1) is 8.29. The number of rotatable bonds is 9. The van der Waals surface area contributed by atoms with Gasteiger partial charge in [0.15, 0.2) is 0 Å². The van der Waals surface area contributed by atoms with Crippen LogP contribution in [-0.2, 0) is 7.05 Å². The second-order valence-corrected chi connectivity index (χ2v) is 4.55. The van der Waals surface area contributed by atoms with Crippen molar-refractivity contribution in [3.05, 3.63) is 12.2 Å². The summed E-state index contributed by atoms with van der Waals surface area (Å²) in [5.41, 5.74) is 0. The zero-order valence-corrected chi connectivity index (χ0v) is 11.4. The van der Waals surface area contributed by atoms with Crippen molar-refractivity contribution in [1.82, 2.24) is 20.1 Å². The quantitative estimate of drug-likeness (QED) is 0.673. The van der Waals surface area contributed by atoms with Crippen molar-refractivity contribution < 1.29 is 0 Å². The summed E-state index contributed by atoms with van der Waals surface area (Å²) in [6.07, 6.45) is 9.41. The van der Waals surface area contributed by atoms with Crippen LogP contribution < -0.4 is 5.32 Å². The number of aryl methyl sites for hydroxylation is 1. The molecule has 0 saturated heterocycles. The molecule has 0 aliphatic carbocycles. The molecule has 0 aliphatic heterocycles. The van der Waals surface area contributed by atoms with Gasteiger partial charge in [-0.05, 0) is 13.0 Å². The Morgan fingerprint density at radius 3 is 2.59 bits per heavy atom. The maximum atomic E-state index is 4.34. The molecule has 0 fully saturated rings. The smallest absolute Gasteiger partial charge is 0.143 e. The van der Waals surface area contributed by atoms with Crippen LogP contribution in [-0.4, -0.2) is 21.3 Å². The highest BCUT2D eigenvalue weighted by molar-refractivity contribution is 4.93. The highest BCUT2D eigenvalue weighted by atomic mass is 15.3. The Kier molecular flexibility index (Phi) is 6.86. The van der Waals surface area contributed by atoms with Gasteiger partial charge in [0, 0.05) is 7.05 Å². The zero-order chi connectivity index (χ0) is 12.5. The van der Waals surface area contributed by atoms with E-state index < -0.39 is 0 Å². The zero-order valence-electron chi connectivity index (χ0n) is 11.4. The minimum atomic E-state index is 0.356. The number of unbranched alkanes of at least 4 members (excludes halogenated alkanes) is 4. The SMILES string of the molecule is CCCCCCCC(NCC)c1ncnn1C. The number of hydrogen-bond acceptors (Lipinski definition) is 3. The lowest BCUT2D eigenvalue weighted by Crippen LogP contribution is -2.24. The molecule has 0 aliphatic rings. The molecule has 0 saturated carbocycles. The van der Waals surface area contributed by atoms with E-state index in [1.165, 1.54) is 32.1 Å². The van der Waals surface area contributed by atoms with Gasteiger partial charge in [0.2, 0.25) is 0 Å². The molecule has 0 radical (unpaired) electrons. The molecule has 98 valence electrons. The summed E-state index contributed by atoms with van der Waals surface area (Å²) in [7, 11) is 1.96. The van der Waals surface area contributed by atoms with Crippen molar-refractivity contribution in [2.24, 2.45) is 7.05 Å². The summed E-state index contributed by atoms with van der Waals surface area (Å²) in [5.74, 6) is 1.06. The van der Waals surface area contributed by atoms with Gasteiger partial charge in [0.05, 0.1) is 6.04 Å². The van der Waals surface area contributed by atoms with Gasteiger partial charge in [0.1, 0.15) is 12.2 Å². The van der Waals surface area contributed by atoms with Crippen molar-refractivity contribution in [2.45, 2.75) is 58.4 Å². The van der Waals surface area contributed by atoms with E-state index >= 15 is 0 Å². The van der Waals surface area contributed by atoms with E-state index in [9.17, 15) is 0 Å². The Labute approximate surface area is 105 Å². The third kappa shape index (κ3) is 4.86. The molecule has 1 rings (SSSR count). The van der Waals surface area contributed by atoms with Crippen molar-refractivity contribution in [2.75, 3.05) is 6.54 Å². The van der Waals surface area contributed by atoms with E-state index in [-0.39, 0.29) is 0 Å². The second-order valence-electron chi connectivity index (χ2n) is 4.55. The molecule has 1 heterocycles. The Morgan fingerprint density at radius 1 is 1.24 bits per heavy atom. The van der Waals surface area contributed by atoms with E-state index in [2.05, 4.69) is 29.2 Å². The van der Waals surface area contributed by atoms with E-state index in [1.54, 1.807) is 6.33 Å². The van der Waals surface area contributed by atoms with E-state index in [1.807, 2.05) is 11.7 Å². The Balaban J connectivity index is 2.36. The minimum Gasteiger partial charge on any atom is -0.308 e. The molecule has 0 bridgehead atoms. The normalized spacial score (nSPS) is 12.9. The van der Waals surface area contributed by atoms with Gasteiger partial charge in [-0.2, -0.15) is 5.10 Å². The van der Waals surface area contributed by atoms with Gasteiger partial charge in [-0.3, -0.25) is 4.68 Å². The summed E-state index contributed by atoms with van der Waals surface area (Å²) in [6, 6.07) is 0.356. The topological polar surface area (TPSA) is 42.7 Å². The first-order valence-corrected chi connectivity index (χ1v) is 6.86. The lowest BCUT2D eigenvalue weighted by Gasteiger charge is -2.16. The van der Waals surface area contributed by atoms with Crippen LogP contribution in [0.1, 0.15) is 64.2 Å². The molecule has 0 amide bonds. The summed E-state index contributed by atoms with van der Waals surface area (Å²) < 4.78 is 1.87. The molecule has 17 heavy (non-hydrogen) atoms. The predicted molar refractivity (Wildman–Crippen MR) is 70.8 cm³/mol. The lowest BCUT2D eigenvalue weighted by atomic mass is 10.1. The van der Waals surface area contributed by atoms with Crippen LogP contribution in [0.5, 0.6) is 0 Å². The first kappa shape index (κ1) is 14.2. The lowest BCUT2D eigenvalue weighted by molar-refractivity contribution is 0.444. The monoisotopic (exact) mass is 238 g/mol. The molecular weight excluding hydrogens is 212 g/mol. The molecule has 0 spiro atoms. The van der Waals surface area contributed by atoms with E-state index in [0.29, 0.717) is 6.04 Å². The van der Waals surface area contributed by atoms with Crippen LogP contribution in [0.25, 0.3) is 0 Å². The molecule has 1 unspecified atom stereocenters. The first-order valence-electron chi connectivity index (χ1n) is 6.86. The Hall–Kier alpha value is -0.900. The van der Waals surface area contributed by atoms with Crippen molar-refractivity contribution in [1.29, 1.82) is 0 Å². The number of nitrogens with one attached hydrogen (secondary N) is 1. The van der Waals surface area contributed by atoms with Crippen LogP contribution in [0.15, 0.2) is 6.33 Å². The van der Waals surface area contributed by atoms with Gasteiger partial charge in [-0.25, -0.2) is 4.98 Å². The standard InChI is InChI=1S/C13H26N4/c1-4-6-7-8-9-10-12(14-5-2)13-15-11-16-17(13)3/h11-12,14H,4-10H2,1-3H3. The van der Waals surface area contributed by atoms with Crippen molar-refractivity contribution >= 4 is 0 Å². The molecule has 1 aromatic rings. The van der Waals surface area contributed by atoms with Crippen LogP contribution in [0.3, 0.4) is 0 Å². The minimum absolute atomic E-state index is 0.356. The fourth-order valence-electron chi connectivity index (χ4n) is 2.14. The molecule has 1 N–H and O–H groups in total. The predicted octanol–water partition coefficient (Wildman–Crippen LogP) is 2.83. The fourth-order valence-corrected chi connectivity index (χ4v) is 2.14. The third-order valence-electron chi connectivity index (χ3n) is 3.10. The van der Waals surface area contributed by atoms with Crippen LogP contribution in [0, 0.1) is 0 Å². The largest absolute Gasteiger partial charge is 0.308 e. The molecular formula is C13H26N4. The molecule has 4 nitrogen and oxygen atoms in total. The van der Waals surface area contributed by atoms with Gasteiger partial charge in [-0.15, -0.1) is 0 Å². The third-order valence-corrected chi connectivity index (χ3v) is 3.10. The van der Waals surface area contributed by atoms with Crippen LogP contribution >= 0.6 is 0 Å². The summed E-state index contributed by atoms with van der Waals surface area (Å²) >= 11 is 0. The average molecular weight is 238 g/mol. The van der Waals surface area contributed by atoms with Crippen LogP contribution in [0.4, 0.5) is 0 Å². The highest BCUT2D eigenvalue weighted by Gasteiger charge is 2.14. The maximum absolute atomic E-state index is 4.34.